The van der Waals surface area contributed by atoms with Crippen molar-refractivity contribution >= 4 is 11.4 Å². The lowest BCUT2D eigenvalue weighted by atomic mass is 10.2. The molecule has 0 atom stereocenters. The van der Waals surface area contributed by atoms with Crippen LogP contribution in [-0.4, -0.2) is 39.6 Å². The van der Waals surface area contributed by atoms with Crippen LogP contribution in [0, 0.1) is 24.5 Å². The molecule has 0 fully saturated rings. The number of ether oxygens (including phenoxy) is 6. The van der Waals surface area contributed by atoms with Gasteiger partial charge in [-0.2, -0.15) is 5.26 Å². The van der Waals surface area contributed by atoms with Crippen molar-refractivity contribution in [1.29, 1.82) is 5.26 Å². The van der Waals surface area contributed by atoms with E-state index in [0.717, 1.165) is 0 Å². The van der Waals surface area contributed by atoms with Crippen LogP contribution in [0.15, 0.2) is 91.0 Å². The van der Waals surface area contributed by atoms with E-state index in [1.165, 1.54) is 0 Å². The van der Waals surface area contributed by atoms with Crippen LogP contribution in [0.1, 0.15) is 24.8 Å². The van der Waals surface area contributed by atoms with Gasteiger partial charge in [-0.15, -0.1) is 0 Å². The molecule has 9 nitrogen and oxygen atoms in total. The van der Waals surface area contributed by atoms with Crippen molar-refractivity contribution in [2.45, 2.75) is 19.3 Å². The number of nitriles is 1. The Hall–Kier alpha value is -5.85. The van der Waals surface area contributed by atoms with Gasteiger partial charge in [-0.1, -0.05) is 24.3 Å². The van der Waals surface area contributed by atoms with E-state index >= 15 is 0 Å². The maximum atomic E-state index is 8.93. The Labute approximate surface area is 263 Å². The van der Waals surface area contributed by atoms with Crippen LogP contribution in [-0.2, 0) is 0 Å². The Morgan fingerprint density at radius 3 is 1.02 bits per heavy atom. The van der Waals surface area contributed by atoms with E-state index in [9.17, 15) is 0 Å². The van der Waals surface area contributed by atoms with Crippen molar-refractivity contribution in [1.82, 2.24) is 0 Å². The molecule has 0 radical (unpaired) electrons. The third-order valence-corrected chi connectivity index (χ3v) is 6.25. The fraction of sp³-hybridized carbons (Fsp3) is 0.250. The van der Waals surface area contributed by atoms with Gasteiger partial charge in [0.1, 0.15) is 34.5 Å². The van der Waals surface area contributed by atoms with Crippen LogP contribution in [0.25, 0.3) is 9.69 Å². The standard InChI is InChI=1S/C36H33N3O6/c1-38-29-8-14-32(15-9-29)41-19-4-22-44-35-24-34(43-21-3-18-40-31-12-6-28(27-37)7-13-31)25-36(26-35)45-23-5-20-42-33-16-10-30(39-2)11-17-33/h6-17,24-26H,3-5,18-23H2. The largest absolute Gasteiger partial charge is 0.494 e. The number of benzene rings is 4. The number of nitrogens with zero attached hydrogens (tertiary/aromatic N) is 3. The van der Waals surface area contributed by atoms with Crippen LogP contribution in [0.3, 0.4) is 0 Å². The highest BCUT2D eigenvalue weighted by Gasteiger charge is 2.07. The Balaban J connectivity index is 1.24. The van der Waals surface area contributed by atoms with Gasteiger partial charge in [0.15, 0.2) is 11.4 Å². The van der Waals surface area contributed by atoms with Gasteiger partial charge in [0, 0.05) is 37.5 Å². The molecule has 0 spiro atoms. The first kappa shape index (κ1) is 32.1. The van der Waals surface area contributed by atoms with Crippen LogP contribution in [0.5, 0.6) is 34.5 Å². The van der Waals surface area contributed by atoms with E-state index < -0.39 is 0 Å². The molecule has 4 rings (SSSR count). The molecule has 9 heteroatoms. The van der Waals surface area contributed by atoms with Crippen molar-refractivity contribution in [2.75, 3.05) is 39.6 Å². The molecule has 0 N–H and O–H groups in total. The lowest BCUT2D eigenvalue weighted by molar-refractivity contribution is 0.233. The average molecular weight is 604 g/mol. The van der Waals surface area contributed by atoms with Gasteiger partial charge >= 0.3 is 0 Å². The summed E-state index contributed by atoms with van der Waals surface area (Å²) >= 11 is 0. The molecule has 228 valence electrons. The summed E-state index contributed by atoms with van der Waals surface area (Å²) in [5.74, 6) is 3.98. The second-order valence-electron chi connectivity index (χ2n) is 9.64. The summed E-state index contributed by atoms with van der Waals surface area (Å²) < 4.78 is 35.2. The molecule has 0 amide bonds. The second kappa shape index (κ2) is 18.0. The second-order valence-corrected chi connectivity index (χ2v) is 9.64. The minimum atomic E-state index is 0.430. The molecule has 45 heavy (non-hydrogen) atoms. The van der Waals surface area contributed by atoms with E-state index in [4.69, 9.17) is 46.8 Å². The topological polar surface area (TPSA) is 87.9 Å². The Bertz CT molecular complexity index is 1400. The lowest BCUT2D eigenvalue weighted by Crippen LogP contribution is -2.08. The van der Waals surface area contributed by atoms with Crippen molar-refractivity contribution in [3.8, 4) is 40.6 Å². The van der Waals surface area contributed by atoms with E-state index in [1.807, 2.05) is 18.2 Å². The first-order valence-corrected chi connectivity index (χ1v) is 14.5. The predicted octanol–water partition coefficient (Wildman–Crippen LogP) is 8.20. The van der Waals surface area contributed by atoms with Gasteiger partial charge < -0.3 is 28.4 Å². The lowest BCUT2D eigenvalue weighted by Gasteiger charge is -2.14. The van der Waals surface area contributed by atoms with Crippen LogP contribution < -0.4 is 28.4 Å². The molecule has 0 heterocycles. The highest BCUT2D eigenvalue weighted by atomic mass is 16.5. The molecule has 0 saturated heterocycles. The maximum absolute atomic E-state index is 8.93. The molecule has 4 aromatic rings. The molecule has 0 saturated carbocycles. The zero-order chi connectivity index (χ0) is 31.5. The quantitative estimate of drug-likeness (QED) is 0.0837. The van der Waals surface area contributed by atoms with E-state index in [2.05, 4.69) is 15.8 Å². The summed E-state index contributed by atoms with van der Waals surface area (Å²) in [5, 5.41) is 8.93. The number of hydrogen-bond acceptors (Lipinski definition) is 7. The predicted molar refractivity (Wildman–Crippen MR) is 170 cm³/mol. The minimum Gasteiger partial charge on any atom is -0.494 e. The zero-order valence-corrected chi connectivity index (χ0v) is 24.8. The molecule has 0 bridgehead atoms. The summed E-state index contributed by atoms with van der Waals surface area (Å²) in [5.41, 5.74) is 1.74. The number of hydrogen-bond donors (Lipinski definition) is 0. The van der Waals surface area contributed by atoms with E-state index in [0.29, 0.717) is 110 Å². The smallest absolute Gasteiger partial charge is 0.187 e. The van der Waals surface area contributed by atoms with Gasteiger partial charge in [-0.05, 0) is 48.5 Å². The Kier molecular flexibility index (Phi) is 12.8. The van der Waals surface area contributed by atoms with Crippen LogP contribution >= 0.6 is 0 Å². The molecule has 0 aliphatic rings. The van der Waals surface area contributed by atoms with Gasteiger partial charge in [-0.3, -0.25) is 0 Å². The first-order chi connectivity index (χ1) is 22.1. The molecule has 0 aliphatic heterocycles. The third-order valence-electron chi connectivity index (χ3n) is 6.25. The van der Waals surface area contributed by atoms with E-state index in [1.54, 1.807) is 72.8 Å². The van der Waals surface area contributed by atoms with Gasteiger partial charge in [0.2, 0.25) is 0 Å². The fourth-order valence-electron chi connectivity index (χ4n) is 3.97. The summed E-state index contributed by atoms with van der Waals surface area (Å²) in [6.45, 7) is 16.8. The monoisotopic (exact) mass is 603 g/mol. The normalized spacial score (nSPS) is 10.1. The molecule has 4 aromatic carbocycles. The number of rotatable bonds is 18. The van der Waals surface area contributed by atoms with Crippen molar-refractivity contribution < 1.29 is 28.4 Å². The molecule has 0 unspecified atom stereocenters. The van der Waals surface area contributed by atoms with E-state index in [-0.39, 0.29) is 0 Å². The fourth-order valence-corrected chi connectivity index (χ4v) is 3.97. The molecular formula is C36H33N3O6. The Morgan fingerprint density at radius 2 is 0.733 bits per heavy atom. The van der Waals surface area contributed by atoms with Crippen molar-refractivity contribution in [2.24, 2.45) is 0 Å². The van der Waals surface area contributed by atoms with Crippen molar-refractivity contribution in [3.05, 3.63) is 119 Å². The minimum absolute atomic E-state index is 0.430. The highest BCUT2D eigenvalue weighted by Crippen LogP contribution is 2.29. The summed E-state index contributed by atoms with van der Waals surface area (Å²) in [6.07, 6.45) is 1.98. The van der Waals surface area contributed by atoms with Crippen LogP contribution in [0.4, 0.5) is 11.4 Å². The highest BCUT2D eigenvalue weighted by molar-refractivity contribution is 5.48. The first-order valence-electron chi connectivity index (χ1n) is 14.5. The summed E-state index contributed by atoms with van der Waals surface area (Å²) in [4.78, 5) is 6.77. The van der Waals surface area contributed by atoms with Gasteiger partial charge in [-0.25, -0.2) is 9.69 Å². The zero-order valence-electron chi connectivity index (χ0n) is 24.8. The maximum Gasteiger partial charge on any atom is 0.187 e. The van der Waals surface area contributed by atoms with Crippen molar-refractivity contribution in [3.63, 3.8) is 0 Å². The third kappa shape index (κ3) is 11.4. The van der Waals surface area contributed by atoms with Gasteiger partial charge in [0.25, 0.3) is 0 Å². The average Bonchev–Trinajstić information content (AvgIpc) is 3.08. The van der Waals surface area contributed by atoms with Crippen LogP contribution in [0.2, 0.25) is 0 Å². The summed E-state index contributed by atoms with van der Waals surface area (Å²) in [6, 6.07) is 28.6. The molecule has 0 aromatic heterocycles. The summed E-state index contributed by atoms with van der Waals surface area (Å²) in [7, 11) is 0. The molecule has 0 aliphatic carbocycles. The SMILES string of the molecule is [C-]#[N+]c1ccc(OCCCOc2cc(OCCCOc3ccc(C#N)cc3)cc(OCCCOc3ccc([N+]#[C-])cc3)c2)cc1. The Morgan fingerprint density at radius 1 is 0.444 bits per heavy atom. The molecular weight excluding hydrogens is 570 g/mol. The van der Waals surface area contributed by atoms with Gasteiger partial charge in [0.05, 0.1) is 64.4 Å².